The standard InChI is InChI=1S/C51H34N4OS/c1-3-11-31(12-4-1)32-19-21-33(22-20-32)49-52-50(54-51(53-49)35-24-28-46-39(29-35)37-15-8-10-18-45(37)57-46)34-23-26-43-40(30-34)48-44(56-43)27-25-42-47(48)38-16-7-9-17-41(38)55(42)36-13-5-2-6-14-36/h1-30,42,47,50H,(H,52,53,54). The second-order valence-corrected chi connectivity index (χ2v) is 16.0. The van der Waals surface area contributed by atoms with Gasteiger partial charge in [-0.3, -0.25) is 0 Å². The van der Waals surface area contributed by atoms with Gasteiger partial charge >= 0.3 is 0 Å². The zero-order valence-electron chi connectivity index (χ0n) is 30.7. The van der Waals surface area contributed by atoms with Gasteiger partial charge < -0.3 is 14.6 Å². The molecular formula is C51H34N4OS. The molecule has 0 saturated carbocycles. The van der Waals surface area contributed by atoms with Gasteiger partial charge in [-0.2, -0.15) is 0 Å². The summed E-state index contributed by atoms with van der Waals surface area (Å²) in [5.74, 6) is 2.62. The average Bonchev–Trinajstić information content (AvgIpc) is 3.96. The van der Waals surface area contributed by atoms with Gasteiger partial charge in [-0.25, -0.2) is 9.98 Å². The zero-order chi connectivity index (χ0) is 37.5. The predicted octanol–water partition coefficient (Wildman–Crippen LogP) is 12.6. The third kappa shape index (κ3) is 5.21. The Morgan fingerprint density at radius 1 is 0.561 bits per heavy atom. The van der Waals surface area contributed by atoms with Gasteiger partial charge in [-0.15, -0.1) is 11.3 Å². The summed E-state index contributed by atoms with van der Waals surface area (Å²) in [5.41, 5.74) is 11.2. The van der Waals surface area contributed by atoms with Crippen LogP contribution in [-0.4, -0.2) is 17.7 Å². The molecule has 4 heterocycles. The summed E-state index contributed by atoms with van der Waals surface area (Å²) in [6.45, 7) is 0. The number of hydrogen-bond acceptors (Lipinski definition) is 6. The van der Waals surface area contributed by atoms with E-state index in [1.807, 2.05) is 17.4 Å². The monoisotopic (exact) mass is 750 g/mol. The Hall–Kier alpha value is -7.02. The van der Waals surface area contributed by atoms with Crippen LogP contribution in [0, 0.1) is 0 Å². The minimum absolute atomic E-state index is 0.111. The molecule has 3 unspecified atom stereocenters. The lowest BCUT2D eigenvalue weighted by Gasteiger charge is -2.30. The van der Waals surface area contributed by atoms with Crippen molar-refractivity contribution in [1.82, 2.24) is 5.32 Å². The van der Waals surface area contributed by atoms with Crippen molar-refractivity contribution in [2.24, 2.45) is 9.98 Å². The predicted molar refractivity (Wildman–Crippen MR) is 236 cm³/mol. The Morgan fingerprint density at radius 3 is 2.11 bits per heavy atom. The number of rotatable bonds is 5. The lowest BCUT2D eigenvalue weighted by atomic mass is 9.82. The van der Waals surface area contributed by atoms with E-state index in [0.29, 0.717) is 0 Å². The van der Waals surface area contributed by atoms with Crippen molar-refractivity contribution in [3.05, 3.63) is 210 Å². The molecule has 270 valence electrons. The number of fused-ring (bicyclic) bond motifs is 10. The van der Waals surface area contributed by atoms with Crippen molar-refractivity contribution < 1.29 is 4.42 Å². The Labute approximate surface area is 333 Å². The van der Waals surface area contributed by atoms with Gasteiger partial charge in [0.05, 0.1) is 6.04 Å². The first kappa shape index (κ1) is 32.2. The highest BCUT2D eigenvalue weighted by molar-refractivity contribution is 7.25. The second kappa shape index (κ2) is 12.8. The maximum absolute atomic E-state index is 6.61. The first-order chi connectivity index (χ1) is 28.2. The van der Waals surface area contributed by atoms with E-state index in [2.05, 4.69) is 186 Å². The molecule has 5 nitrogen and oxygen atoms in total. The molecule has 7 aromatic carbocycles. The van der Waals surface area contributed by atoms with E-state index in [4.69, 9.17) is 14.4 Å². The van der Waals surface area contributed by atoms with Crippen LogP contribution in [0.25, 0.3) is 48.3 Å². The maximum atomic E-state index is 6.61. The number of anilines is 2. The van der Waals surface area contributed by atoms with Crippen LogP contribution in [0.4, 0.5) is 11.4 Å². The molecule has 2 aromatic heterocycles. The van der Waals surface area contributed by atoms with Gasteiger partial charge in [0.25, 0.3) is 0 Å². The van der Waals surface area contributed by atoms with Gasteiger partial charge in [-0.1, -0.05) is 121 Å². The number of benzene rings is 7. The Kier molecular flexibility index (Phi) is 7.22. The van der Waals surface area contributed by atoms with Crippen molar-refractivity contribution >= 4 is 71.6 Å². The number of amidine groups is 2. The normalized spacial score (nSPS) is 18.2. The number of thiophene rings is 1. The number of para-hydroxylation sites is 2. The number of furan rings is 1. The Morgan fingerprint density at radius 2 is 1.25 bits per heavy atom. The van der Waals surface area contributed by atoms with Crippen molar-refractivity contribution in [2.75, 3.05) is 4.90 Å². The van der Waals surface area contributed by atoms with Crippen LogP contribution in [0.3, 0.4) is 0 Å². The van der Waals surface area contributed by atoms with Crippen LogP contribution in [0.15, 0.2) is 190 Å². The van der Waals surface area contributed by atoms with E-state index in [1.165, 1.54) is 48.2 Å². The lowest BCUT2D eigenvalue weighted by molar-refractivity contribution is 0.584. The molecule has 3 atom stereocenters. The Balaban J connectivity index is 0.988. The fourth-order valence-electron chi connectivity index (χ4n) is 9.05. The number of hydrogen-bond donors (Lipinski definition) is 1. The lowest BCUT2D eigenvalue weighted by Crippen LogP contribution is -2.36. The molecule has 0 saturated heterocycles. The molecule has 6 heteroatoms. The van der Waals surface area contributed by atoms with E-state index in [-0.39, 0.29) is 12.0 Å². The van der Waals surface area contributed by atoms with Crippen LogP contribution < -0.4 is 10.2 Å². The smallest absolute Gasteiger partial charge is 0.169 e. The molecule has 9 aromatic rings. The topological polar surface area (TPSA) is 53.1 Å². The third-order valence-corrected chi connectivity index (χ3v) is 12.8. The van der Waals surface area contributed by atoms with E-state index in [9.17, 15) is 0 Å². The molecule has 0 amide bonds. The van der Waals surface area contributed by atoms with E-state index >= 15 is 0 Å². The molecule has 2 aliphatic heterocycles. The number of aliphatic imine (C=N–C) groups is 2. The van der Waals surface area contributed by atoms with Gasteiger partial charge in [0.15, 0.2) is 6.17 Å². The summed E-state index contributed by atoms with van der Waals surface area (Å²) in [4.78, 5) is 13.2. The third-order valence-electron chi connectivity index (χ3n) is 11.7. The Bertz CT molecular complexity index is 3120. The summed E-state index contributed by atoms with van der Waals surface area (Å²) in [6, 6.07) is 60.6. The van der Waals surface area contributed by atoms with Crippen molar-refractivity contribution in [1.29, 1.82) is 0 Å². The first-order valence-electron chi connectivity index (χ1n) is 19.4. The molecule has 0 spiro atoms. The molecule has 1 N–H and O–H groups in total. The second-order valence-electron chi connectivity index (χ2n) is 14.9. The quantitative estimate of drug-likeness (QED) is 0.191. The molecular weight excluding hydrogens is 717 g/mol. The SMILES string of the molecule is C1=CC2C(c3ccccc3N2c2ccccc2)c2c1oc1ccc(C3N=C(c4ccc(-c5ccccc5)cc4)NC(c4ccc5sc6ccccc6c5c4)=N3)cc21. The summed E-state index contributed by atoms with van der Waals surface area (Å²) in [6.07, 6.45) is 4.00. The van der Waals surface area contributed by atoms with Gasteiger partial charge in [0, 0.05) is 59.5 Å². The van der Waals surface area contributed by atoms with Gasteiger partial charge in [-0.05, 0) is 82.9 Å². The van der Waals surface area contributed by atoms with E-state index < -0.39 is 6.17 Å². The van der Waals surface area contributed by atoms with Gasteiger partial charge in [0.1, 0.15) is 23.0 Å². The van der Waals surface area contributed by atoms with Crippen LogP contribution in [-0.2, 0) is 0 Å². The summed E-state index contributed by atoms with van der Waals surface area (Å²) in [7, 11) is 0. The fraction of sp³-hybridized carbons (Fsp3) is 0.0588. The largest absolute Gasteiger partial charge is 0.456 e. The molecule has 3 aliphatic rings. The fourth-order valence-corrected chi connectivity index (χ4v) is 10.1. The van der Waals surface area contributed by atoms with Crippen molar-refractivity contribution in [3.8, 4) is 11.1 Å². The molecule has 0 radical (unpaired) electrons. The minimum Gasteiger partial charge on any atom is -0.456 e. The molecule has 57 heavy (non-hydrogen) atoms. The van der Waals surface area contributed by atoms with E-state index in [0.717, 1.165) is 50.7 Å². The first-order valence-corrected chi connectivity index (χ1v) is 20.2. The van der Waals surface area contributed by atoms with Crippen molar-refractivity contribution in [2.45, 2.75) is 18.1 Å². The van der Waals surface area contributed by atoms with Crippen LogP contribution in [0.2, 0.25) is 0 Å². The minimum atomic E-state index is -0.471. The highest BCUT2D eigenvalue weighted by Crippen LogP contribution is 2.53. The molecule has 12 rings (SSSR count). The summed E-state index contributed by atoms with van der Waals surface area (Å²) < 4.78 is 9.15. The van der Waals surface area contributed by atoms with Crippen molar-refractivity contribution in [3.63, 3.8) is 0 Å². The number of nitrogens with zero attached hydrogens (tertiary/aromatic N) is 3. The van der Waals surface area contributed by atoms with Gasteiger partial charge in [0.2, 0.25) is 0 Å². The average molecular weight is 751 g/mol. The number of nitrogens with one attached hydrogen (secondary N) is 1. The summed E-state index contributed by atoms with van der Waals surface area (Å²) in [5, 5.41) is 7.27. The van der Waals surface area contributed by atoms with Crippen LogP contribution in [0.1, 0.15) is 45.7 Å². The summed E-state index contributed by atoms with van der Waals surface area (Å²) >= 11 is 1.82. The maximum Gasteiger partial charge on any atom is 0.169 e. The van der Waals surface area contributed by atoms with Crippen LogP contribution in [0.5, 0.6) is 0 Å². The zero-order valence-corrected chi connectivity index (χ0v) is 31.5. The molecule has 0 fully saturated rings. The highest BCUT2D eigenvalue weighted by Gasteiger charge is 2.43. The van der Waals surface area contributed by atoms with E-state index in [1.54, 1.807) is 0 Å². The molecule has 1 aliphatic carbocycles. The molecule has 0 bridgehead atoms. The van der Waals surface area contributed by atoms with Crippen LogP contribution >= 0.6 is 11.3 Å². The highest BCUT2D eigenvalue weighted by atomic mass is 32.1.